The summed E-state index contributed by atoms with van der Waals surface area (Å²) in [6.07, 6.45) is 1.18. The van der Waals surface area contributed by atoms with Gasteiger partial charge in [0.15, 0.2) is 6.04 Å². The second-order valence-electron chi connectivity index (χ2n) is 6.50. The third-order valence-corrected chi connectivity index (χ3v) is 4.57. The molecule has 3 unspecified atom stereocenters. The number of carboxylic acids is 1. The van der Waals surface area contributed by atoms with Gasteiger partial charge in [-0.1, -0.05) is 36.4 Å². The minimum absolute atomic E-state index is 0.0148. The summed E-state index contributed by atoms with van der Waals surface area (Å²) >= 11 is 0. The molecule has 0 aliphatic carbocycles. The summed E-state index contributed by atoms with van der Waals surface area (Å²) in [7, 11) is 0. The zero-order valence-electron chi connectivity index (χ0n) is 14.7. The van der Waals surface area contributed by atoms with Gasteiger partial charge in [0.25, 0.3) is 0 Å². The van der Waals surface area contributed by atoms with Gasteiger partial charge in [-0.2, -0.15) is 0 Å². The van der Waals surface area contributed by atoms with E-state index in [0.29, 0.717) is 12.2 Å². The zero-order valence-corrected chi connectivity index (χ0v) is 14.7. The second kappa shape index (κ2) is 8.29. The van der Waals surface area contributed by atoms with Crippen LogP contribution < -0.4 is 5.32 Å². The topological polar surface area (TPSA) is 84.9 Å². The van der Waals surface area contributed by atoms with Crippen molar-refractivity contribution in [2.75, 3.05) is 13.2 Å². The van der Waals surface area contributed by atoms with Gasteiger partial charge in [0.05, 0.1) is 12.7 Å². The maximum absolute atomic E-state index is 12.4. The Bertz CT molecular complexity index is 785. The molecule has 6 nitrogen and oxygen atoms in total. The Hall–Kier alpha value is -2.44. The normalized spacial score (nSPS) is 19.2. The van der Waals surface area contributed by atoms with Crippen LogP contribution in [0.4, 0.5) is 0 Å². The number of rotatable bonds is 7. The number of hydrogen-bond acceptors (Lipinski definition) is 4. The first-order chi connectivity index (χ1) is 12.5. The van der Waals surface area contributed by atoms with Crippen LogP contribution in [0.25, 0.3) is 10.8 Å². The van der Waals surface area contributed by atoms with Gasteiger partial charge in [0, 0.05) is 6.61 Å². The average Bonchev–Trinajstić information content (AvgIpc) is 3.17. The Morgan fingerprint density at radius 2 is 2.04 bits per heavy atom. The fraction of sp³-hybridized carbons (Fsp3) is 0.400. The van der Waals surface area contributed by atoms with E-state index in [-0.39, 0.29) is 6.10 Å². The molecule has 26 heavy (non-hydrogen) atoms. The quantitative estimate of drug-likeness (QED) is 0.796. The molecule has 0 bridgehead atoms. The molecule has 2 aromatic carbocycles. The molecule has 1 fully saturated rings. The molecule has 1 amide bonds. The monoisotopic (exact) mass is 357 g/mol. The van der Waals surface area contributed by atoms with Gasteiger partial charge < -0.3 is 19.9 Å². The van der Waals surface area contributed by atoms with Crippen LogP contribution >= 0.6 is 0 Å². The van der Waals surface area contributed by atoms with Crippen LogP contribution in [0, 0.1) is 0 Å². The highest BCUT2D eigenvalue weighted by atomic mass is 16.5. The molecule has 0 saturated carbocycles. The number of benzene rings is 2. The van der Waals surface area contributed by atoms with Crippen molar-refractivity contribution < 1.29 is 24.2 Å². The standard InChI is InChI=1S/C20H23NO5/c1-13(26-12-17-7-4-10-25-17)19(22)21-18(20(23)24)16-9-8-14-5-2-3-6-15(14)11-16/h2-3,5-6,8-9,11,13,17-18H,4,7,10,12H2,1H3,(H,21,22)(H,23,24). The molecule has 2 N–H and O–H groups in total. The van der Waals surface area contributed by atoms with E-state index in [1.165, 1.54) is 0 Å². The minimum atomic E-state index is -1.12. The summed E-state index contributed by atoms with van der Waals surface area (Å²) in [4.78, 5) is 24.0. The summed E-state index contributed by atoms with van der Waals surface area (Å²) in [5.74, 6) is -1.57. The van der Waals surface area contributed by atoms with Crippen LogP contribution in [-0.4, -0.2) is 42.4 Å². The van der Waals surface area contributed by atoms with Gasteiger partial charge in [-0.3, -0.25) is 4.79 Å². The van der Waals surface area contributed by atoms with Crippen molar-refractivity contribution in [3.05, 3.63) is 48.0 Å². The van der Waals surface area contributed by atoms with Gasteiger partial charge in [-0.15, -0.1) is 0 Å². The van der Waals surface area contributed by atoms with Crippen LogP contribution in [-0.2, 0) is 19.1 Å². The van der Waals surface area contributed by atoms with Crippen molar-refractivity contribution in [3.63, 3.8) is 0 Å². The number of carboxylic acid groups (broad SMARTS) is 1. The molecule has 0 radical (unpaired) electrons. The first-order valence-electron chi connectivity index (χ1n) is 8.79. The van der Waals surface area contributed by atoms with Crippen molar-refractivity contribution in [2.24, 2.45) is 0 Å². The van der Waals surface area contributed by atoms with Crippen molar-refractivity contribution in [2.45, 2.75) is 38.0 Å². The van der Waals surface area contributed by atoms with E-state index in [2.05, 4.69) is 5.32 Å². The molecule has 2 aromatic rings. The number of amides is 1. The van der Waals surface area contributed by atoms with Crippen LogP contribution in [0.5, 0.6) is 0 Å². The molecule has 3 rings (SSSR count). The Morgan fingerprint density at radius 1 is 1.27 bits per heavy atom. The summed E-state index contributed by atoms with van der Waals surface area (Å²) in [6.45, 7) is 2.67. The SMILES string of the molecule is CC(OCC1CCCO1)C(=O)NC(C(=O)O)c1ccc2ccccc2c1. The number of nitrogens with one attached hydrogen (secondary N) is 1. The number of carbonyl (C=O) groups is 2. The number of hydrogen-bond donors (Lipinski definition) is 2. The van der Waals surface area contributed by atoms with E-state index in [0.717, 1.165) is 30.2 Å². The molecule has 6 heteroatoms. The van der Waals surface area contributed by atoms with Gasteiger partial charge >= 0.3 is 5.97 Å². The summed E-state index contributed by atoms with van der Waals surface area (Å²) < 4.78 is 11.0. The summed E-state index contributed by atoms with van der Waals surface area (Å²) in [6, 6.07) is 11.9. The highest BCUT2D eigenvalue weighted by molar-refractivity contribution is 5.89. The smallest absolute Gasteiger partial charge is 0.330 e. The molecule has 0 aromatic heterocycles. The highest BCUT2D eigenvalue weighted by Gasteiger charge is 2.26. The number of ether oxygens (including phenoxy) is 2. The van der Waals surface area contributed by atoms with Crippen molar-refractivity contribution in [3.8, 4) is 0 Å². The molecule has 3 atom stereocenters. The van der Waals surface area contributed by atoms with Gasteiger partial charge in [-0.05, 0) is 42.2 Å². The Labute approximate surface area is 152 Å². The molecular formula is C20H23NO5. The maximum Gasteiger partial charge on any atom is 0.330 e. The van der Waals surface area contributed by atoms with E-state index in [4.69, 9.17) is 9.47 Å². The molecule has 1 aliphatic heterocycles. The molecule has 138 valence electrons. The second-order valence-corrected chi connectivity index (χ2v) is 6.50. The first kappa shape index (κ1) is 18.4. The Balaban J connectivity index is 1.66. The van der Waals surface area contributed by atoms with E-state index < -0.39 is 24.0 Å². The highest BCUT2D eigenvalue weighted by Crippen LogP contribution is 2.21. The Kier molecular flexibility index (Phi) is 5.85. The molecule has 1 heterocycles. The molecule has 0 spiro atoms. The van der Waals surface area contributed by atoms with Crippen LogP contribution in [0.2, 0.25) is 0 Å². The molecule has 1 aliphatic rings. The van der Waals surface area contributed by atoms with E-state index in [9.17, 15) is 14.7 Å². The number of carbonyl (C=O) groups excluding carboxylic acids is 1. The van der Waals surface area contributed by atoms with Crippen LogP contribution in [0.1, 0.15) is 31.4 Å². The first-order valence-corrected chi connectivity index (χ1v) is 8.79. The zero-order chi connectivity index (χ0) is 18.5. The molecule has 1 saturated heterocycles. The maximum atomic E-state index is 12.4. The van der Waals surface area contributed by atoms with Gasteiger partial charge in [0.2, 0.25) is 5.91 Å². The van der Waals surface area contributed by atoms with Crippen molar-refractivity contribution in [1.29, 1.82) is 0 Å². The van der Waals surface area contributed by atoms with Crippen LogP contribution in [0.3, 0.4) is 0 Å². The summed E-state index contributed by atoms with van der Waals surface area (Å²) in [5.41, 5.74) is 0.524. The Morgan fingerprint density at radius 3 is 2.73 bits per heavy atom. The minimum Gasteiger partial charge on any atom is -0.479 e. The lowest BCUT2D eigenvalue weighted by Crippen LogP contribution is -2.41. The predicted molar refractivity (Wildman–Crippen MR) is 96.9 cm³/mol. The molecular weight excluding hydrogens is 334 g/mol. The number of fused-ring (bicyclic) bond motifs is 1. The third-order valence-electron chi connectivity index (χ3n) is 4.57. The fourth-order valence-electron chi connectivity index (χ4n) is 3.04. The number of aliphatic carboxylic acids is 1. The van der Waals surface area contributed by atoms with Gasteiger partial charge in [0.1, 0.15) is 6.10 Å². The average molecular weight is 357 g/mol. The lowest BCUT2D eigenvalue weighted by Gasteiger charge is -2.20. The lowest BCUT2D eigenvalue weighted by atomic mass is 10.0. The largest absolute Gasteiger partial charge is 0.479 e. The van der Waals surface area contributed by atoms with Crippen molar-refractivity contribution in [1.82, 2.24) is 5.32 Å². The van der Waals surface area contributed by atoms with E-state index in [1.54, 1.807) is 19.1 Å². The lowest BCUT2D eigenvalue weighted by molar-refractivity contribution is -0.145. The fourth-order valence-corrected chi connectivity index (χ4v) is 3.04. The van der Waals surface area contributed by atoms with Gasteiger partial charge in [-0.25, -0.2) is 4.79 Å². The van der Waals surface area contributed by atoms with E-state index in [1.807, 2.05) is 30.3 Å². The summed E-state index contributed by atoms with van der Waals surface area (Å²) in [5, 5.41) is 14.1. The van der Waals surface area contributed by atoms with Crippen molar-refractivity contribution >= 4 is 22.6 Å². The third kappa shape index (κ3) is 4.39. The van der Waals surface area contributed by atoms with E-state index >= 15 is 0 Å². The van der Waals surface area contributed by atoms with Crippen LogP contribution in [0.15, 0.2) is 42.5 Å². The predicted octanol–water partition coefficient (Wildman–Crippen LogP) is 2.67.